The van der Waals surface area contributed by atoms with Crippen LogP contribution in [0.3, 0.4) is 0 Å². The molecular formula is C30H29ClFN3O4. The van der Waals surface area contributed by atoms with Crippen molar-refractivity contribution in [3.63, 3.8) is 0 Å². The molecule has 3 aromatic rings. The van der Waals surface area contributed by atoms with Crippen molar-refractivity contribution in [2.45, 2.75) is 51.0 Å². The van der Waals surface area contributed by atoms with E-state index < -0.39 is 34.5 Å². The van der Waals surface area contributed by atoms with Gasteiger partial charge in [-0.05, 0) is 75.6 Å². The van der Waals surface area contributed by atoms with E-state index in [1.54, 1.807) is 43.3 Å². The predicted octanol–water partition coefficient (Wildman–Crippen LogP) is 5.18. The molecule has 0 radical (unpaired) electrons. The van der Waals surface area contributed by atoms with Crippen molar-refractivity contribution in [1.82, 2.24) is 9.88 Å². The van der Waals surface area contributed by atoms with Crippen LogP contribution in [0.2, 0.25) is 5.02 Å². The van der Waals surface area contributed by atoms with Crippen LogP contribution in [0.4, 0.5) is 4.39 Å². The zero-order chi connectivity index (χ0) is 28.2. The van der Waals surface area contributed by atoms with Crippen molar-refractivity contribution in [2.75, 3.05) is 13.2 Å². The summed E-state index contributed by atoms with van der Waals surface area (Å²) in [4.78, 5) is 20.1. The molecule has 1 amide bonds. The van der Waals surface area contributed by atoms with Crippen molar-refractivity contribution in [3.8, 4) is 6.07 Å². The van der Waals surface area contributed by atoms with E-state index in [4.69, 9.17) is 16.3 Å². The summed E-state index contributed by atoms with van der Waals surface area (Å²) in [6.45, 7) is 4.79. The third-order valence-corrected chi connectivity index (χ3v) is 8.02. The first-order chi connectivity index (χ1) is 18.5. The number of fused-ring (bicyclic) bond motifs is 1. The largest absolute Gasteiger partial charge is 0.396 e. The van der Waals surface area contributed by atoms with Crippen LogP contribution in [0, 0.1) is 22.6 Å². The zero-order valence-corrected chi connectivity index (χ0v) is 22.7. The number of pyridine rings is 1. The maximum absolute atomic E-state index is 16.3. The van der Waals surface area contributed by atoms with Crippen molar-refractivity contribution in [1.29, 1.82) is 5.26 Å². The van der Waals surface area contributed by atoms with E-state index in [1.807, 2.05) is 6.07 Å². The van der Waals surface area contributed by atoms with Gasteiger partial charge in [0.1, 0.15) is 11.9 Å². The molecule has 1 aromatic heterocycles. The minimum Gasteiger partial charge on any atom is -0.396 e. The number of nitriles is 1. The standard InChI is InChI=1S/C30H29ClFN3O4/c1-18(25-9-4-19(14-33)15-34-25)35-27(37)23-12-21(28(2,3)38)13-24(32)26(23)30(35,20-5-7-22(31)8-6-20)39-17-29(16-36)10-11-29/h4-9,12-13,15,18,36,38H,10-11,16-17H2,1-3H3/t18?,30-/m1/s1. The first-order valence-electron chi connectivity index (χ1n) is 12.7. The maximum Gasteiger partial charge on any atom is 0.257 e. The third kappa shape index (κ3) is 4.60. The Balaban J connectivity index is 1.77. The summed E-state index contributed by atoms with van der Waals surface area (Å²) in [5, 5.41) is 30.4. The highest BCUT2D eigenvalue weighted by Crippen LogP contribution is 2.54. The second-order valence-corrected chi connectivity index (χ2v) is 11.4. The number of rotatable bonds is 8. The normalized spacial score (nSPS) is 20.5. The lowest BCUT2D eigenvalue weighted by atomic mass is 9.88. The summed E-state index contributed by atoms with van der Waals surface area (Å²) in [7, 11) is 0. The van der Waals surface area contributed by atoms with E-state index in [1.165, 1.54) is 37.1 Å². The summed E-state index contributed by atoms with van der Waals surface area (Å²) in [6.07, 6.45) is 2.91. The van der Waals surface area contributed by atoms with Gasteiger partial charge in [0.2, 0.25) is 5.72 Å². The van der Waals surface area contributed by atoms with E-state index in [0.717, 1.165) is 12.8 Å². The van der Waals surface area contributed by atoms with Gasteiger partial charge >= 0.3 is 0 Å². The van der Waals surface area contributed by atoms with Gasteiger partial charge < -0.3 is 14.9 Å². The minimum absolute atomic E-state index is 0.0251. The Hall–Kier alpha value is -3.35. The van der Waals surface area contributed by atoms with E-state index in [-0.39, 0.29) is 29.9 Å². The van der Waals surface area contributed by atoms with Gasteiger partial charge in [-0.3, -0.25) is 14.7 Å². The van der Waals surface area contributed by atoms with Crippen LogP contribution in [0.25, 0.3) is 0 Å². The Morgan fingerprint density at radius 3 is 2.46 bits per heavy atom. The number of aliphatic hydroxyl groups excluding tert-OH is 1. The maximum atomic E-state index is 16.3. The molecule has 39 heavy (non-hydrogen) atoms. The number of hydrogen-bond donors (Lipinski definition) is 2. The number of nitrogens with zero attached hydrogens (tertiary/aromatic N) is 3. The van der Waals surface area contributed by atoms with Crippen LogP contribution >= 0.6 is 11.6 Å². The second kappa shape index (κ2) is 9.68. The molecule has 2 N–H and O–H groups in total. The molecule has 2 heterocycles. The summed E-state index contributed by atoms with van der Waals surface area (Å²) < 4.78 is 22.9. The lowest BCUT2D eigenvalue weighted by Crippen LogP contribution is -2.49. The summed E-state index contributed by atoms with van der Waals surface area (Å²) in [5.74, 6) is -1.21. The Labute approximate surface area is 231 Å². The third-order valence-electron chi connectivity index (χ3n) is 7.77. The fourth-order valence-electron chi connectivity index (χ4n) is 5.13. The van der Waals surface area contributed by atoms with Crippen LogP contribution in [-0.2, 0) is 16.1 Å². The number of benzene rings is 2. The molecule has 2 aliphatic rings. The molecule has 9 heteroatoms. The number of halogens is 2. The van der Waals surface area contributed by atoms with Gasteiger partial charge in [-0.15, -0.1) is 0 Å². The van der Waals surface area contributed by atoms with Crippen molar-refractivity contribution < 1.29 is 24.1 Å². The lowest BCUT2D eigenvalue weighted by molar-refractivity contribution is -0.139. The van der Waals surface area contributed by atoms with Crippen LogP contribution in [0.5, 0.6) is 0 Å². The molecule has 0 saturated heterocycles. The highest BCUT2D eigenvalue weighted by molar-refractivity contribution is 6.30. The molecule has 1 fully saturated rings. The number of carbonyl (C=O) groups is 1. The first-order valence-corrected chi connectivity index (χ1v) is 13.1. The molecule has 1 aliphatic heterocycles. The van der Waals surface area contributed by atoms with Gasteiger partial charge in [-0.1, -0.05) is 23.7 Å². The van der Waals surface area contributed by atoms with Gasteiger partial charge in [0.05, 0.1) is 47.2 Å². The number of aliphatic hydroxyl groups is 2. The fourth-order valence-corrected chi connectivity index (χ4v) is 5.26. The van der Waals surface area contributed by atoms with Gasteiger partial charge in [-0.25, -0.2) is 4.39 Å². The van der Waals surface area contributed by atoms with Crippen molar-refractivity contribution >= 4 is 17.5 Å². The molecule has 2 atom stereocenters. The van der Waals surface area contributed by atoms with Crippen LogP contribution in [0.1, 0.15) is 78.0 Å². The number of amides is 1. The molecular weight excluding hydrogens is 521 g/mol. The quantitative estimate of drug-likeness (QED) is 0.401. The van der Waals surface area contributed by atoms with Crippen molar-refractivity contribution in [3.05, 3.63) is 99.1 Å². The molecule has 1 saturated carbocycles. The molecule has 2 aromatic carbocycles. The Bertz CT molecular complexity index is 1460. The van der Waals surface area contributed by atoms with Crippen molar-refractivity contribution in [2.24, 2.45) is 5.41 Å². The Kier molecular flexibility index (Phi) is 6.76. The molecule has 5 rings (SSSR count). The smallest absolute Gasteiger partial charge is 0.257 e. The van der Waals surface area contributed by atoms with Crippen LogP contribution in [-0.4, -0.2) is 39.2 Å². The van der Waals surface area contributed by atoms with Gasteiger partial charge in [0, 0.05) is 22.2 Å². The topological polar surface area (TPSA) is 107 Å². The van der Waals surface area contributed by atoms with Gasteiger partial charge in [0.15, 0.2) is 0 Å². The Morgan fingerprint density at radius 2 is 1.92 bits per heavy atom. The molecule has 202 valence electrons. The van der Waals surface area contributed by atoms with E-state index in [9.17, 15) is 20.3 Å². The molecule has 1 aliphatic carbocycles. The first kappa shape index (κ1) is 27.2. The SMILES string of the molecule is CC(c1ccc(C#N)cn1)N1C(=O)c2cc(C(C)(C)O)cc(F)c2[C@]1(OCC1(CO)CC1)c1ccc(Cl)cc1. The average molecular weight is 550 g/mol. The molecule has 0 spiro atoms. The zero-order valence-electron chi connectivity index (χ0n) is 21.9. The second-order valence-electron chi connectivity index (χ2n) is 11.0. The molecule has 1 unspecified atom stereocenters. The van der Waals surface area contributed by atoms with Crippen LogP contribution < -0.4 is 0 Å². The number of aromatic nitrogens is 1. The van der Waals surface area contributed by atoms with E-state index in [2.05, 4.69) is 4.98 Å². The van der Waals surface area contributed by atoms with Gasteiger partial charge in [0.25, 0.3) is 5.91 Å². The number of carbonyl (C=O) groups excluding carboxylic acids is 1. The van der Waals surface area contributed by atoms with E-state index >= 15 is 4.39 Å². The van der Waals surface area contributed by atoms with Crippen LogP contribution in [0.15, 0.2) is 54.7 Å². The molecule has 7 nitrogen and oxygen atoms in total. The summed E-state index contributed by atoms with van der Waals surface area (Å²) in [5.41, 5.74) is -1.95. The van der Waals surface area contributed by atoms with E-state index in [0.29, 0.717) is 21.8 Å². The summed E-state index contributed by atoms with van der Waals surface area (Å²) in [6, 6.07) is 14.0. The summed E-state index contributed by atoms with van der Waals surface area (Å²) >= 11 is 6.21. The Morgan fingerprint density at radius 1 is 1.23 bits per heavy atom. The average Bonchev–Trinajstić information content (AvgIpc) is 3.65. The number of hydrogen-bond acceptors (Lipinski definition) is 6. The van der Waals surface area contributed by atoms with Gasteiger partial charge in [-0.2, -0.15) is 5.26 Å². The monoisotopic (exact) mass is 549 g/mol. The fraction of sp³-hybridized carbons (Fsp3) is 0.367. The molecule has 0 bridgehead atoms. The lowest BCUT2D eigenvalue weighted by Gasteiger charge is -2.43. The predicted molar refractivity (Wildman–Crippen MR) is 142 cm³/mol. The minimum atomic E-state index is -1.72. The highest BCUT2D eigenvalue weighted by atomic mass is 35.5. The highest BCUT2D eigenvalue weighted by Gasteiger charge is 2.58. The number of ether oxygens (including phenoxy) is 1.